The van der Waals surface area contributed by atoms with Crippen LogP contribution in [-0.4, -0.2) is 42.9 Å². The number of rotatable bonds is 28. The minimum atomic E-state index is 0. The van der Waals surface area contributed by atoms with Crippen molar-refractivity contribution in [3.63, 3.8) is 0 Å². The normalized spacial score (nSPS) is 11.6. The third-order valence-electron chi connectivity index (χ3n) is 7.74. The molecule has 0 rings (SSSR count). The van der Waals surface area contributed by atoms with Gasteiger partial charge in [-0.1, -0.05) is 142 Å². The van der Waals surface area contributed by atoms with Gasteiger partial charge in [0, 0.05) is 0 Å². The fourth-order valence-corrected chi connectivity index (χ4v) is 5.25. The summed E-state index contributed by atoms with van der Waals surface area (Å²) in [5, 5.41) is 9.57. The summed E-state index contributed by atoms with van der Waals surface area (Å²) in [5.74, 6) is 0. The quantitative estimate of drug-likeness (QED) is 0.0839. The summed E-state index contributed by atoms with van der Waals surface area (Å²) in [6.45, 7) is 8.39. The van der Waals surface area contributed by atoms with Gasteiger partial charge in [-0.15, -0.1) is 0 Å². The summed E-state index contributed by atoms with van der Waals surface area (Å²) in [6, 6.07) is 0. The van der Waals surface area contributed by atoms with Gasteiger partial charge >= 0.3 is 0 Å². The van der Waals surface area contributed by atoms with Crippen molar-refractivity contribution < 1.29 is 26.6 Å². The van der Waals surface area contributed by atoms with Crippen LogP contribution >= 0.6 is 0 Å². The maximum atomic E-state index is 9.57. The lowest BCUT2D eigenvalue weighted by Crippen LogP contribution is -3.00. The summed E-state index contributed by atoms with van der Waals surface area (Å²) in [6.07, 6.45) is 34.1. The number of halogens is 1. The van der Waals surface area contributed by atoms with E-state index in [0.29, 0.717) is 6.61 Å². The minimum absolute atomic E-state index is 0. The van der Waals surface area contributed by atoms with Gasteiger partial charge in [0.2, 0.25) is 0 Å². The molecule has 1 N–H and O–H groups in total. The van der Waals surface area contributed by atoms with Gasteiger partial charge < -0.3 is 26.6 Å². The van der Waals surface area contributed by atoms with Crippen LogP contribution in [0, 0.1) is 0 Å². The SMILES string of the molecule is CCCCCCCCCCCCCC[N+](C)(CCO)CCCCCCCCCCCCCC.[Br-]. The largest absolute Gasteiger partial charge is 1.00 e. The molecular formula is C31H66BrNO. The van der Waals surface area contributed by atoms with Gasteiger partial charge in [0.1, 0.15) is 6.54 Å². The highest BCUT2D eigenvalue weighted by molar-refractivity contribution is 4.52. The maximum Gasteiger partial charge on any atom is 0.102 e. The van der Waals surface area contributed by atoms with E-state index in [-0.39, 0.29) is 17.0 Å². The second kappa shape index (κ2) is 29.6. The molecule has 3 heteroatoms. The molecular weight excluding hydrogens is 482 g/mol. The first kappa shape index (κ1) is 36.6. The molecule has 0 aromatic carbocycles. The van der Waals surface area contributed by atoms with Crippen molar-refractivity contribution in [3.8, 4) is 0 Å². The van der Waals surface area contributed by atoms with Gasteiger partial charge in [0.25, 0.3) is 0 Å². The Balaban J connectivity index is 0. The van der Waals surface area contributed by atoms with Gasteiger partial charge in [0.05, 0.1) is 26.7 Å². The Bertz CT molecular complexity index is 335. The summed E-state index contributed by atoms with van der Waals surface area (Å²) >= 11 is 0. The molecule has 0 atom stereocenters. The molecule has 0 spiro atoms. The van der Waals surface area contributed by atoms with E-state index < -0.39 is 0 Å². The van der Waals surface area contributed by atoms with Crippen LogP contribution in [0.3, 0.4) is 0 Å². The first-order valence-corrected chi connectivity index (χ1v) is 15.6. The molecule has 0 fully saturated rings. The Labute approximate surface area is 227 Å². The number of likely N-dealkylation sites (N-methyl/N-ethyl adjacent to an activating group) is 1. The molecule has 2 nitrogen and oxygen atoms in total. The van der Waals surface area contributed by atoms with Crippen molar-refractivity contribution in [2.45, 2.75) is 168 Å². The first-order valence-electron chi connectivity index (χ1n) is 15.6. The standard InChI is InChI=1S/C31H66NO.BrH/c1-4-6-8-10-12-14-16-18-20-22-24-26-28-32(3,30-31-33)29-27-25-23-21-19-17-15-13-11-9-7-5-2;/h33H,4-31H2,1-3H3;1H/q+1;/p-1. The highest BCUT2D eigenvalue weighted by Crippen LogP contribution is 2.16. The number of hydrogen-bond acceptors (Lipinski definition) is 1. The topological polar surface area (TPSA) is 20.2 Å². The smallest absolute Gasteiger partial charge is 0.102 e. The Hall–Kier alpha value is 0.400. The molecule has 0 bridgehead atoms. The molecule has 0 aliphatic rings. The number of nitrogens with zero attached hydrogens (tertiary/aromatic N) is 1. The lowest BCUT2D eigenvalue weighted by atomic mass is 10.0. The van der Waals surface area contributed by atoms with Gasteiger partial charge in [-0.3, -0.25) is 0 Å². The highest BCUT2D eigenvalue weighted by atomic mass is 79.9. The molecule has 0 saturated heterocycles. The predicted octanol–water partition coefficient (Wildman–Crippen LogP) is 6.83. The van der Waals surface area contributed by atoms with Crippen LogP contribution in [0.1, 0.15) is 168 Å². The monoisotopic (exact) mass is 547 g/mol. The van der Waals surface area contributed by atoms with E-state index in [0.717, 1.165) is 11.0 Å². The van der Waals surface area contributed by atoms with Crippen LogP contribution < -0.4 is 17.0 Å². The molecule has 0 amide bonds. The first-order chi connectivity index (χ1) is 16.2. The van der Waals surface area contributed by atoms with Crippen molar-refractivity contribution in [1.82, 2.24) is 0 Å². The van der Waals surface area contributed by atoms with Gasteiger partial charge in [-0.2, -0.15) is 0 Å². The second-order valence-electron chi connectivity index (χ2n) is 11.3. The molecule has 0 radical (unpaired) electrons. The van der Waals surface area contributed by atoms with Crippen molar-refractivity contribution in [2.75, 3.05) is 33.3 Å². The zero-order valence-corrected chi connectivity index (χ0v) is 25.7. The zero-order valence-electron chi connectivity index (χ0n) is 24.1. The van der Waals surface area contributed by atoms with Crippen molar-refractivity contribution in [1.29, 1.82) is 0 Å². The number of unbranched alkanes of at least 4 members (excludes halogenated alkanes) is 22. The Morgan fingerprint density at radius 3 is 0.853 bits per heavy atom. The van der Waals surface area contributed by atoms with E-state index in [1.54, 1.807) is 0 Å². The van der Waals surface area contributed by atoms with E-state index >= 15 is 0 Å². The average molecular weight is 549 g/mol. The van der Waals surface area contributed by atoms with E-state index in [4.69, 9.17) is 0 Å². The van der Waals surface area contributed by atoms with Crippen molar-refractivity contribution in [2.24, 2.45) is 0 Å². The Kier molecular flexibility index (Phi) is 31.9. The molecule has 0 aliphatic heterocycles. The molecule has 0 aromatic rings. The third-order valence-corrected chi connectivity index (χ3v) is 7.74. The van der Waals surface area contributed by atoms with Gasteiger partial charge in [0.15, 0.2) is 0 Å². The second-order valence-corrected chi connectivity index (χ2v) is 11.3. The molecule has 34 heavy (non-hydrogen) atoms. The minimum Gasteiger partial charge on any atom is -1.00 e. The average Bonchev–Trinajstić information content (AvgIpc) is 2.81. The van der Waals surface area contributed by atoms with Crippen LogP contribution in [0.5, 0.6) is 0 Å². The fourth-order valence-electron chi connectivity index (χ4n) is 5.25. The molecule has 0 unspecified atom stereocenters. The van der Waals surface area contributed by atoms with E-state index in [1.807, 2.05) is 0 Å². The molecule has 0 aromatic heterocycles. The van der Waals surface area contributed by atoms with Crippen LogP contribution in [0.25, 0.3) is 0 Å². The molecule has 0 aliphatic carbocycles. The van der Waals surface area contributed by atoms with E-state index in [1.165, 1.54) is 167 Å². The van der Waals surface area contributed by atoms with E-state index in [9.17, 15) is 5.11 Å². The summed E-state index contributed by atoms with van der Waals surface area (Å²) in [4.78, 5) is 0. The molecule has 208 valence electrons. The number of aliphatic hydroxyl groups is 1. The van der Waals surface area contributed by atoms with Crippen LogP contribution in [-0.2, 0) is 0 Å². The summed E-state index contributed by atoms with van der Waals surface area (Å²) < 4.78 is 1.09. The highest BCUT2D eigenvalue weighted by Gasteiger charge is 2.19. The van der Waals surface area contributed by atoms with Crippen LogP contribution in [0.2, 0.25) is 0 Å². The lowest BCUT2D eigenvalue weighted by molar-refractivity contribution is -0.910. The lowest BCUT2D eigenvalue weighted by Gasteiger charge is -2.34. The summed E-state index contributed by atoms with van der Waals surface area (Å²) in [7, 11) is 2.38. The van der Waals surface area contributed by atoms with Crippen LogP contribution in [0.4, 0.5) is 0 Å². The number of quaternary nitrogens is 1. The van der Waals surface area contributed by atoms with Crippen LogP contribution in [0.15, 0.2) is 0 Å². The number of hydrogen-bond donors (Lipinski definition) is 1. The zero-order chi connectivity index (χ0) is 24.3. The van der Waals surface area contributed by atoms with Crippen molar-refractivity contribution in [3.05, 3.63) is 0 Å². The maximum absolute atomic E-state index is 9.57. The van der Waals surface area contributed by atoms with Gasteiger partial charge in [-0.05, 0) is 25.7 Å². The predicted molar refractivity (Wildman–Crippen MR) is 150 cm³/mol. The fraction of sp³-hybridized carbons (Fsp3) is 1.00. The summed E-state index contributed by atoms with van der Waals surface area (Å²) in [5.41, 5.74) is 0. The molecule has 0 heterocycles. The Morgan fingerprint density at radius 1 is 0.382 bits per heavy atom. The van der Waals surface area contributed by atoms with Crippen molar-refractivity contribution >= 4 is 0 Å². The Morgan fingerprint density at radius 2 is 0.618 bits per heavy atom. The third kappa shape index (κ3) is 27.0. The van der Waals surface area contributed by atoms with E-state index in [2.05, 4.69) is 20.9 Å². The molecule has 0 saturated carbocycles. The van der Waals surface area contributed by atoms with Gasteiger partial charge in [-0.25, -0.2) is 0 Å². The number of aliphatic hydroxyl groups excluding tert-OH is 1.